The summed E-state index contributed by atoms with van der Waals surface area (Å²) in [5.41, 5.74) is 2.04. The first-order valence-electron chi connectivity index (χ1n) is 7.46. The Kier molecular flexibility index (Phi) is 4.87. The molecule has 0 aliphatic carbocycles. The lowest BCUT2D eigenvalue weighted by molar-refractivity contribution is 0.0316. The quantitative estimate of drug-likeness (QED) is 0.649. The van der Waals surface area contributed by atoms with E-state index >= 15 is 0 Å². The summed E-state index contributed by atoms with van der Waals surface area (Å²) in [6, 6.07) is 5.68. The molecular weight excluding hydrogens is 310 g/mol. The van der Waals surface area contributed by atoms with Crippen molar-refractivity contribution in [2.24, 2.45) is 0 Å². The first-order valence-corrected chi connectivity index (χ1v) is 7.46. The van der Waals surface area contributed by atoms with Crippen LogP contribution >= 0.6 is 0 Å². The number of hydrogen-bond acceptors (Lipinski definition) is 5. The number of aromatic amines is 1. The summed E-state index contributed by atoms with van der Waals surface area (Å²) < 4.78 is 5.17. The molecule has 2 rings (SSSR count). The second-order valence-corrected chi connectivity index (χ2v) is 5.64. The highest BCUT2D eigenvalue weighted by Crippen LogP contribution is 2.21. The van der Waals surface area contributed by atoms with Gasteiger partial charge in [-0.1, -0.05) is 6.07 Å². The van der Waals surface area contributed by atoms with Gasteiger partial charge < -0.3 is 14.8 Å². The zero-order chi connectivity index (χ0) is 18.0. The molecule has 1 aromatic heterocycles. The van der Waals surface area contributed by atoms with Crippen LogP contribution in [0.3, 0.4) is 0 Å². The molecule has 0 saturated heterocycles. The molecule has 0 radical (unpaired) electrons. The van der Waals surface area contributed by atoms with Crippen LogP contribution in [0.1, 0.15) is 56.3 Å². The minimum atomic E-state index is -1.03. The fourth-order valence-corrected chi connectivity index (χ4v) is 2.64. The fourth-order valence-electron chi connectivity index (χ4n) is 2.64. The van der Waals surface area contributed by atoms with Crippen LogP contribution in [-0.2, 0) is 4.74 Å². The summed E-state index contributed by atoms with van der Waals surface area (Å²) in [5.74, 6) is -1.33. The Morgan fingerprint density at radius 2 is 1.88 bits per heavy atom. The van der Waals surface area contributed by atoms with Crippen molar-refractivity contribution in [3.8, 4) is 5.75 Å². The molecule has 1 unspecified atom stereocenters. The van der Waals surface area contributed by atoms with Crippen LogP contribution in [0.15, 0.2) is 24.3 Å². The van der Waals surface area contributed by atoms with Gasteiger partial charge in [-0.2, -0.15) is 0 Å². The lowest BCUT2D eigenvalue weighted by Gasteiger charge is -2.12. The van der Waals surface area contributed by atoms with E-state index in [4.69, 9.17) is 4.74 Å². The van der Waals surface area contributed by atoms with Gasteiger partial charge >= 0.3 is 5.97 Å². The first-order chi connectivity index (χ1) is 11.2. The van der Waals surface area contributed by atoms with Crippen molar-refractivity contribution < 1.29 is 24.2 Å². The maximum Gasteiger partial charge on any atom is 0.338 e. The van der Waals surface area contributed by atoms with E-state index in [1.165, 1.54) is 38.1 Å². The molecule has 0 amide bonds. The van der Waals surface area contributed by atoms with Gasteiger partial charge in [0.1, 0.15) is 5.75 Å². The van der Waals surface area contributed by atoms with Crippen LogP contribution in [-0.4, -0.2) is 33.7 Å². The van der Waals surface area contributed by atoms with E-state index < -0.39 is 17.9 Å². The third kappa shape index (κ3) is 3.37. The van der Waals surface area contributed by atoms with Gasteiger partial charge in [-0.25, -0.2) is 4.79 Å². The van der Waals surface area contributed by atoms with Crippen molar-refractivity contribution in [2.45, 2.75) is 33.8 Å². The van der Waals surface area contributed by atoms with E-state index in [2.05, 4.69) is 4.98 Å². The number of esters is 1. The number of H-pyrrole nitrogens is 1. The summed E-state index contributed by atoms with van der Waals surface area (Å²) >= 11 is 0. The van der Waals surface area contributed by atoms with E-state index in [0.717, 1.165) is 0 Å². The van der Waals surface area contributed by atoms with Crippen molar-refractivity contribution in [2.75, 3.05) is 0 Å². The van der Waals surface area contributed by atoms with Crippen LogP contribution < -0.4 is 0 Å². The van der Waals surface area contributed by atoms with Crippen molar-refractivity contribution in [3.63, 3.8) is 0 Å². The molecule has 0 aliphatic heterocycles. The van der Waals surface area contributed by atoms with E-state index in [0.29, 0.717) is 16.8 Å². The van der Waals surface area contributed by atoms with E-state index in [9.17, 15) is 19.5 Å². The van der Waals surface area contributed by atoms with Crippen LogP contribution in [0.25, 0.3) is 0 Å². The molecule has 1 aromatic carbocycles. The van der Waals surface area contributed by atoms with Crippen molar-refractivity contribution in [1.82, 2.24) is 4.98 Å². The molecule has 126 valence electrons. The summed E-state index contributed by atoms with van der Waals surface area (Å²) in [6.07, 6.45) is -1.03. The lowest BCUT2D eigenvalue weighted by atomic mass is 10.0. The Hall–Kier alpha value is -2.89. The zero-order valence-electron chi connectivity index (χ0n) is 14.0. The Balaban J connectivity index is 2.20. The van der Waals surface area contributed by atoms with Gasteiger partial charge in [-0.3, -0.25) is 9.59 Å². The normalized spacial score (nSPS) is 11.8. The molecule has 2 aromatic rings. The number of carbonyl (C=O) groups is 3. The average Bonchev–Trinajstić information content (AvgIpc) is 2.81. The fraction of sp³-hybridized carbons (Fsp3) is 0.278. The van der Waals surface area contributed by atoms with Gasteiger partial charge in [-0.15, -0.1) is 0 Å². The number of rotatable bonds is 5. The molecule has 1 heterocycles. The molecular formula is C18H19NO5. The number of phenolic OH excluding ortho intramolecular Hbond substituents is 1. The Morgan fingerprint density at radius 3 is 2.42 bits per heavy atom. The van der Waals surface area contributed by atoms with Crippen molar-refractivity contribution in [3.05, 3.63) is 52.3 Å². The van der Waals surface area contributed by atoms with Crippen molar-refractivity contribution in [1.29, 1.82) is 0 Å². The molecule has 0 bridgehead atoms. The number of ether oxygens (including phenoxy) is 1. The molecule has 6 nitrogen and oxygen atoms in total. The lowest BCUT2D eigenvalue weighted by Crippen LogP contribution is -2.25. The van der Waals surface area contributed by atoms with Gasteiger partial charge in [0.15, 0.2) is 11.9 Å². The topological polar surface area (TPSA) is 96.5 Å². The number of hydrogen-bond donors (Lipinski definition) is 2. The van der Waals surface area contributed by atoms with Crippen molar-refractivity contribution >= 4 is 17.5 Å². The number of aromatic nitrogens is 1. The maximum atomic E-state index is 12.5. The minimum Gasteiger partial charge on any atom is -0.508 e. The van der Waals surface area contributed by atoms with Gasteiger partial charge in [0.25, 0.3) is 0 Å². The Morgan fingerprint density at radius 1 is 1.21 bits per heavy atom. The molecule has 0 spiro atoms. The second-order valence-electron chi connectivity index (χ2n) is 5.64. The smallest absolute Gasteiger partial charge is 0.338 e. The number of ketones is 2. The summed E-state index contributed by atoms with van der Waals surface area (Å²) in [6.45, 7) is 6.29. The number of phenols is 1. The monoisotopic (exact) mass is 329 g/mol. The van der Waals surface area contributed by atoms with E-state index in [1.807, 2.05) is 0 Å². The number of Topliss-reactive ketones (excluding diaryl/α,β-unsaturated/α-hetero) is 2. The molecule has 2 N–H and O–H groups in total. The average molecular weight is 329 g/mol. The molecule has 0 fully saturated rings. The minimum absolute atomic E-state index is 0.0645. The van der Waals surface area contributed by atoms with Crippen LogP contribution in [0.5, 0.6) is 5.75 Å². The molecule has 24 heavy (non-hydrogen) atoms. The highest BCUT2D eigenvalue weighted by atomic mass is 16.5. The second kappa shape index (κ2) is 6.70. The third-order valence-corrected chi connectivity index (χ3v) is 3.77. The van der Waals surface area contributed by atoms with Gasteiger partial charge in [-0.05, 0) is 51.5 Å². The van der Waals surface area contributed by atoms with Crippen LogP contribution in [0.4, 0.5) is 0 Å². The number of benzene rings is 1. The highest BCUT2D eigenvalue weighted by molar-refractivity contribution is 6.05. The Labute approximate surface area is 139 Å². The molecule has 0 saturated carbocycles. The largest absolute Gasteiger partial charge is 0.508 e. The van der Waals surface area contributed by atoms with E-state index in [-0.39, 0.29) is 22.8 Å². The van der Waals surface area contributed by atoms with Gasteiger partial charge in [0.05, 0.1) is 11.3 Å². The van der Waals surface area contributed by atoms with Gasteiger partial charge in [0.2, 0.25) is 5.78 Å². The van der Waals surface area contributed by atoms with Gasteiger partial charge in [0, 0.05) is 11.3 Å². The summed E-state index contributed by atoms with van der Waals surface area (Å²) in [5, 5.41) is 9.39. The predicted octanol–water partition coefficient (Wildman–Crippen LogP) is 2.97. The van der Waals surface area contributed by atoms with Crippen LogP contribution in [0, 0.1) is 13.8 Å². The number of aromatic hydroxyl groups is 1. The Bertz CT molecular complexity index is 819. The highest BCUT2D eigenvalue weighted by Gasteiger charge is 2.26. The molecule has 6 heteroatoms. The first kappa shape index (κ1) is 17.5. The maximum absolute atomic E-state index is 12.5. The predicted molar refractivity (Wildman–Crippen MR) is 87.6 cm³/mol. The van der Waals surface area contributed by atoms with E-state index in [1.54, 1.807) is 13.8 Å². The summed E-state index contributed by atoms with van der Waals surface area (Å²) in [7, 11) is 0. The SMILES string of the molecule is CC(=O)c1c(C)[nH]c(C(=O)C(C)OC(=O)c2cccc(O)c2)c1C. The van der Waals surface area contributed by atoms with Crippen LogP contribution in [0.2, 0.25) is 0 Å². The molecule has 1 atom stereocenters. The standard InChI is InChI=1S/C18H19NO5/c1-9-15(11(3)20)10(2)19-16(9)17(22)12(4)24-18(23)13-6-5-7-14(21)8-13/h5-8,12,19,21H,1-4H3. The third-order valence-electron chi connectivity index (χ3n) is 3.77. The number of carbonyl (C=O) groups excluding carboxylic acids is 3. The zero-order valence-corrected chi connectivity index (χ0v) is 14.0. The molecule has 0 aliphatic rings. The number of aryl methyl sites for hydroxylation is 1. The summed E-state index contributed by atoms with van der Waals surface area (Å²) in [4.78, 5) is 39.1. The number of nitrogens with one attached hydrogen (secondary N) is 1.